The van der Waals surface area contributed by atoms with Gasteiger partial charge in [-0.2, -0.15) is 0 Å². The van der Waals surface area contributed by atoms with Crippen molar-refractivity contribution in [3.63, 3.8) is 0 Å². The maximum atomic E-state index is 12.5. The Kier molecular flexibility index (Phi) is 7.44. The fourth-order valence-electron chi connectivity index (χ4n) is 5.19. The average molecular weight is 561 g/mol. The highest BCUT2D eigenvalue weighted by Gasteiger charge is 2.54. The van der Waals surface area contributed by atoms with Crippen molar-refractivity contribution in [1.82, 2.24) is 21.3 Å². The van der Waals surface area contributed by atoms with Crippen molar-refractivity contribution < 1.29 is 28.8 Å². The Hall–Kier alpha value is -5.90. The first-order valence-corrected chi connectivity index (χ1v) is 12.9. The van der Waals surface area contributed by atoms with Crippen LogP contribution < -0.4 is 21.3 Å². The molecule has 8 amide bonds. The molecule has 2 aliphatic heterocycles. The zero-order chi connectivity index (χ0) is 29.7. The van der Waals surface area contributed by atoms with Crippen LogP contribution in [0.4, 0.5) is 9.59 Å². The topological polar surface area (TPSA) is 151 Å². The molecule has 0 aliphatic carbocycles. The highest BCUT2D eigenvalue weighted by Crippen LogP contribution is 2.35. The molecule has 0 spiro atoms. The van der Waals surface area contributed by atoms with Crippen molar-refractivity contribution >= 4 is 35.7 Å². The molecule has 0 bridgehead atoms. The summed E-state index contributed by atoms with van der Waals surface area (Å²) in [7, 11) is 0. The molecule has 0 unspecified atom stereocenters. The molecule has 42 heavy (non-hydrogen) atoms. The number of carbonyl (C=O) groups is 6. The number of rotatable bonds is 4. The van der Waals surface area contributed by atoms with Gasteiger partial charge in [-0.3, -0.25) is 40.4 Å². The Morgan fingerprint density at radius 2 is 0.500 bits per heavy atom. The third kappa shape index (κ3) is 4.60. The largest absolute Gasteiger partial charge is 0.328 e. The second-order valence-electron chi connectivity index (χ2n) is 9.44. The van der Waals surface area contributed by atoms with E-state index in [9.17, 15) is 28.8 Å². The molecule has 2 heterocycles. The molecule has 2 saturated heterocycles. The predicted octanol–water partition coefficient (Wildman–Crippen LogP) is 2.68. The fraction of sp³-hybridized carbons (Fsp3) is 0.0625. The molecule has 208 valence electrons. The van der Waals surface area contributed by atoms with Gasteiger partial charge in [0.1, 0.15) is 0 Å². The summed E-state index contributed by atoms with van der Waals surface area (Å²) in [6, 6.07) is 33.1. The SMILES string of the molecule is O=C1NC(=O)C(c2ccccc2)(c2ccccc2)C(=O)N1.O=C1NC(=O)C(c2ccccc2)(c2ccccc2)C(=O)N1. The zero-order valence-corrected chi connectivity index (χ0v) is 22.0. The molecule has 0 saturated carbocycles. The van der Waals surface area contributed by atoms with Gasteiger partial charge in [0.25, 0.3) is 23.6 Å². The normalized spacial score (nSPS) is 17.0. The van der Waals surface area contributed by atoms with Crippen LogP contribution in [0.15, 0.2) is 121 Å². The maximum Gasteiger partial charge on any atom is 0.328 e. The van der Waals surface area contributed by atoms with Crippen LogP contribution >= 0.6 is 0 Å². The molecule has 4 aromatic rings. The second-order valence-corrected chi connectivity index (χ2v) is 9.44. The standard InChI is InChI=1S/2C16H12N2O3/c2*19-13-16(11-7-3-1-4-8-11,12-9-5-2-6-10-12)14(20)18-15(21)17-13/h2*1-10H,(H2,17,18,19,20,21). The van der Waals surface area contributed by atoms with Crippen LogP contribution in [0.5, 0.6) is 0 Å². The Bertz CT molecular complexity index is 1430. The van der Waals surface area contributed by atoms with Gasteiger partial charge in [-0.15, -0.1) is 0 Å². The summed E-state index contributed by atoms with van der Waals surface area (Å²) < 4.78 is 0. The summed E-state index contributed by atoms with van der Waals surface area (Å²) in [5, 5.41) is 8.75. The molecule has 0 aromatic heterocycles. The quantitative estimate of drug-likeness (QED) is 0.282. The average Bonchev–Trinajstić information content (AvgIpc) is 2.99. The number of imide groups is 4. The van der Waals surface area contributed by atoms with Crippen molar-refractivity contribution in [3.8, 4) is 0 Å². The number of carbonyl (C=O) groups excluding carboxylic acids is 6. The fourth-order valence-corrected chi connectivity index (χ4v) is 5.19. The van der Waals surface area contributed by atoms with Gasteiger partial charge in [-0.25, -0.2) is 9.59 Å². The van der Waals surface area contributed by atoms with Gasteiger partial charge < -0.3 is 0 Å². The van der Waals surface area contributed by atoms with Crippen LogP contribution in [-0.4, -0.2) is 35.7 Å². The van der Waals surface area contributed by atoms with E-state index in [1.807, 2.05) is 0 Å². The van der Waals surface area contributed by atoms with E-state index in [0.717, 1.165) is 0 Å². The van der Waals surface area contributed by atoms with E-state index < -0.39 is 46.5 Å². The van der Waals surface area contributed by atoms with E-state index in [4.69, 9.17) is 0 Å². The zero-order valence-electron chi connectivity index (χ0n) is 22.0. The number of amides is 8. The van der Waals surface area contributed by atoms with Gasteiger partial charge in [0.05, 0.1) is 0 Å². The van der Waals surface area contributed by atoms with Crippen LogP contribution in [-0.2, 0) is 30.0 Å². The third-order valence-electron chi connectivity index (χ3n) is 7.10. The summed E-state index contributed by atoms with van der Waals surface area (Å²) in [4.78, 5) is 72.9. The minimum atomic E-state index is -1.56. The van der Waals surface area contributed by atoms with Gasteiger partial charge in [0, 0.05) is 0 Å². The van der Waals surface area contributed by atoms with Crippen LogP contribution in [0.25, 0.3) is 0 Å². The van der Waals surface area contributed by atoms with Gasteiger partial charge in [-0.05, 0) is 22.3 Å². The highest BCUT2D eigenvalue weighted by molar-refractivity contribution is 6.26. The molecular formula is C32H24N4O6. The van der Waals surface area contributed by atoms with Gasteiger partial charge in [-0.1, -0.05) is 121 Å². The highest BCUT2D eigenvalue weighted by atomic mass is 16.2. The van der Waals surface area contributed by atoms with Gasteiger partial charge in [0.2, 0.25) is 0 Å². The molecule has 0 radical (unpaired) electrons. The van der Waals surface area contributed by atoms with E-state index in [2.05, 4.69) is 21.3 Å². The number of hydrogen-bond donors (Lipinski definition) is 4. The van der Waals surface area contributed by atoms with Gasteiger partial charge in [0.15, 0.2) is 10.8 Å². The number of barbiturate groups is 2. The number of hydrogen-bond acceptors (Lipinski definition) is 6. The molecule has 4 N–H and O–H groups in total. The summed E-state index contributed by atoms with van der Waals surface area (Å²) in [5.74, 6) is -2.58. The molecule has 0 atom stereocenters. The number of benzene rings is 4. The van der Waals surface area contributed by atoms with Crippen LogP contribution in [0.3, 0.4) is 0 Å². The minimum Gasteiger partial charge on any atom is -0.276 e. The Morgan fingerprint density at radius 3 is 0.690 bits per heavy atom. The first-order chi connectivity index (χ1) is 20.3. The minimum absolute atomic E-state index is 0.513. The van der Waals surface area contributed by atoms with E-state index in [1.54, 1.807) is 121 Å². The van der Waals surface area contributed by atoms with Crippen molar-refractivity contribution in [1.29, 1.82) is 0 Å². The molecule has 4 aromatic carbocycles. The molecule has 2 fully saturated rings. The Labute approximate surface area is 240 Å². The van der Waals surface area contributed by atoms with E-state index in [0.29, 0.717) is 22.3 Å². The first kappa shape index (κ1) is 27.7. The van der Waals surface area contributed by atoms with E-state index in [1.165, 1.54) is 0 Å². The van der Waals surface area contributed by atoms with Crippen molar-refractivity contribution in [2.24, 2.45) is 0 Å². The molecule has 10 nitrogen and oxygen atoms in total. The van der Waals surface area contributed by atoms with Crippen LogP contribution in [0.2, 0.25) is 0 Å². The Morgan fingerprint density at radius 1 is 0.310 bits per heavy atom. The summed E-state index contributed by atoms with van der Waals surface area (Å²) in [6.07, 6.45) is 0. The lowest BCUT2D eigenvalue weighted by molar-refractivity contribution is -0.138. The summed E-state index contributed by atoms with van der Waals surface area (Å²) in [5.41, 5.74) is -1.07. The smallest absolute Gasteiger partial charge is 0.276 e. The lowest BCUT2D eigenvalue weighted by atomic mass is 9.72. The van der Waals surface area contributed by atoms with Crippen molar-refractivity contribution in [2.45, 2.75) is 10.8 Å². The predicted molar refractivity (Wildman–Crippen MR) is 151 cm³/mol. The van der Waals surface area contributed by atoms with E-state index in [-0.39, 0.29) is 0 Å². The second kappa shape index (κ2) is 11.3. The first-order valence-electron chi connectivity index (χ1n) is 12.9. The molecule has 10 heteroatoms. The third-order valence-corrected chi connectivity index (χ3v) is 7.10. The molecule has 2 aliphatic rings. The van der Waals surface area contributed by atoms with Gasteiger partial charge >= 0.3 is 12.1 Å². The maximum absolute atomic E-state index is 12.5. The summed E-state index contributed by atoms with van der Waals surface area (Å²) in [6.45, 7) is 0. The van der Waals surface area contributed by atoms with E-state index >= 15 is 0 Å². The lowest BCUT2D eigenvalue weighted by Crippen LogP contribution is -2.65. The lowest BCUT2D eigenvalue weighted by Gasteiger charge is -2.34. The van der Waals surface area contributed by atoms with Crippen LogP contribution in [0.1, 0.15) is 22.3 Å². The number of nitrogens with one attached hydrogen (secondary N) is 4. The monoisotopic (exact) mass is 560 g/mol. The molecule has 6 rings (SSSR count). The van der Waals surface area contributed by atoms with Crippen molar-refractivity contribution in [3.05, 3.63) is 144 Å². The molecular weight excluding hydrogens is 536 g/mol. The number of urea groups is 2. The van der Waals surface area contributed by atoms with Crippen molar-refractivity contribution in [2.75, 3.05) is 0 Å². The van der Waals surface area contributed by atoms with Crippen LogP contribution in [0, 0.1) is 0 Å². The summed E-state index contributed by atoms with van der Waals surface area (Å²) >= 11 is 0. The Balaban J connectivity index is 0.000000168.